The van der Waals surface area contributed by atoms with Gasteiger partial charge in [-0.1, -0.05) is 15.9 Å². The van der Waals surface area contributed by atoms with Crippen molar-refractivity contribution in [2.24, 2.45) is 0 Å². The maximum absolute atomic E-state index is 12.5. The average molecular weight is 435 g/mol. The standard InChI is InChI=1S/C20H23BrN2O4/c1-13-9-15(21)5-7-17(13)22-19(24)12-23(2)20(25)11-14-10-16(26-3)6-8-18(14)27-4/h5-10H,11-12H2,1-4H3,(H,22,24). The molecule has 144 valence electrons. The van der Waals surface area contributed by atoms with E-state index in [0.717, 1.165) is 15.7 Å². The van der Waals surface area contributed by atoms with Crippen LogP contribution in [0.4, 0.5) is 5.69 Å². The summed E-state index contributed by atoms with van der Waals surface area (Å²) < 4.78 is 11.4. The van der Waals surface area contributed by atoms with E-state index in [4.69, 9.17) is 9.47 Å². The highest BCUT2D eigenvalue weighted by atomic mass is 79.9. The number of nitrogens with one attached hydrogen (secondary N) is 1. The molecule has 2 amide bonds. The van der Waals surface area contributed by atoms with Crippen LogP contribution in [0.1, 0.15) is 11.1 Å². The molecule has 2 rings (SSSR count). The first-order valence-corrected chi connectivity index (χ1v) is 9.14. The Morgan fingerprint density at radius 3 is 2.48 bits per heavy atom. The molecule has 0 heterocycles. The molecule has 0 bridgehead atoms. The van der Waals surface area contributed by atoms with Gasteiger partial charge in [-0.3, -0.25) is 9.59 Å². The zero-order valence-corrected chi connectivity index (χ0v) is 17.4. The molecule has 0 aliphatic rings. The Morgan fingerprint density at radius 1 is 1.11 bits per heavy atom. The summed E-state index contributed by atoms with van der Waals surface area (Å²) in [6.45, 7) is 1.87. The van der Waals surface area contributed by atoms with Crippen molar-refractivity contribution in [3.8, 4) is 11.5 Å². The van der Waals surface area contributed by atoms with Crippen LogP contribution >= 0.6 is 15.9 Å². The Labute approximate surface area is 167 Å². The van der Waals surface area contributed by atoms with Gasteiger partial charge in [-0.25, -0.2) is 0 Å². The number of amides is 2. The lowest BCUT2D eigenvalue weighted by Gasteiger charge is -2.18. The highest BCUT2D eigenvalue weighted by molar-refractivity contribution is 9.10. The minimum atomic E-state index is -0.256. The maximum atomic E-state index is 12.5. The predicted octanol–water partition coefficient (Wildman–Crippen LogP) is 3.41. The Morgan fingerprint density at radius 2 is 1.85 bits per heavy atom. The summed E-state index contributed by atoms with van der Waals surface area (Å²) in [4.78, 5) is 26.2. The summed E-state index contributed by atoms with van der Waals surface area (Å²) in [5.74, 6) is 0.801. The Bertz CT molecular complexity index is 839. The number of carbonyl (C=O) groups is 2. The fourth-order valence-corrected chi connectivity index (χ4v) is 3.05. The van der Waals surface area contributed by atoms with E-state index in [-0.39, 0.29) is 24.8 Å². The van der Waals surface area contributed by atoms with E-state index in [1.54, 1.807) is 39.5 Å². The highest BCUT2D eigenvalue weighted by Gasteiger charge is 2.17. The van der Waals surface area contributed by atoms with Gasteiger partial charge in [0, 0.05) is 22.8 Å². The molecular formula is C20H23BrN2O4. The van der Waals surface area contributed by atoms with E-state index < -0.39 is 0 Å². The number of ether oxygens (including phenoxy) is 2. The number of likely N-dealkylation sites (N-methyl/N-ethyl adjacent to an activating group) is 1. The normalized spacial score (nSPS) is 10.3. The van der Waals surface area contributed by atoms with Gasteiger partial charge in [-0.05, 0) is 48.9 Å². The molecule has 6 nitrogen and oxygen atoms in total. The van der Waals surface area contributed by atoms with Crippen LogP contribution < -0.4 is 14.8 Å². The van der Waals surface area contributed by atoms with Crippen LogP contribution in [0.5, 0.6) is 11.5 Å². The van der Waals surface area contributed by atoms with E-state index in [9.17, 15) is 9.59 Å². The summed E-state index contributed by atoms with van der Waals surface area (Å²) >= 11 is 3.39. The number of hydrogen-bond donors (Lipinski definition) is 1. The average Bonchev–Trinajstić information content (AvgIpc) is 2.63. The van der Waals surface area contributed by atoms with Crippen molar-refractivity contribution < 1.29 is 19.1 Å². The van der Waals surface area contributed by atoms with Gasteiger partial charge in [0.05, 0.1) is 27.2 Å². The lowest BCUT2D eigenvalue weighted by atomic mass is 10.1. The smallest absolute Gasteiger partial charge is 0.243 e. The van der Waals surface area contributed by atoms with E-state index in [1.165, 1.54) is 4.90 Å². The van der Waals surface area contributed by atoms with Crippen molar-refractivity contribution in [3.63, 3.8) is 0 Å². The lowest BCUT2D eigenvalue weighted by Crippen LogP contribution is -2.36. The van der Waals surface area contributed by atoms with E-state index in [2.05, 4.69) is 21.2 Å². The van der Waals surface area contributed by atoms with Gasteiger partial charge in [-0.2, -0.15) is 0 Å². The van der Waals surface area contributed by atoms with Crippen LogP contribution in [0.15, 0.2) is 40.9 Å². The molecule has 2 aromatic carbocycles. The van der Waals surface area contributed by atoms with Gasteiger partial charge in [0.15, 0.2) is 0 Å². The quantitative estimate of drug-likeness (QED) is 0.724. The molecule has 0 aliphatic carbocycles. The van der Waals surface area contributed by atoms with Crippen molar-refractivity contribution >= 4 is 33.4 Å². The molecular weight excluding hydrogens is 412 g/mol. The Balaban J connectivity index is 2.00. The topological polar surface area (TPSA) is 67.9 Å². The van der Waals surface area contributed by atoms with Gasteiger partial charge in [-0.15, -0.1) is 0 Å². The number of halogens is 1. The number of carbonyl (C=O) groups excluding carboxylic acids is 2. The monoisotopic (exact) mass is 434 g/mol. The minimum absolute atomic E-state index is 0.0411. The fourth-order valence-electron chi connectivity index (χ4n) is 2.58. The zero-order chi connectivity index (χ0) is 20.0. The number of methoxy groups -OCH3 is 2. The molecule has 0 atom stereocenters. The molecule has 0 aliphatic heterocycles. The number of anilines is 1. The molecule has 0 radical (unpaired) electrons. The van der Waals surface area contributed by atoms with Crippen molar-refractivity contribution in [3.05, 3.63) is 52.0 Å². The molecule has 0 saturated heterocycles. The van der Waals surface area contributed by atoms with Crippen molar-refractivity contribution in [2.75, 3.05) is 33.1 Å². The van der Waals surface area contributed by atoms with Gasteiger partial charge in [0.2, 0.25) is 11.8 Å². The summed E-state index contributed by atoms with van der Waals surface area (Å²) in [6.07, 6.45) is 0.113. The van der Waals surface area contributed by atoms with Gasteiger partial charge >= 0.3 is 0 Å². The SMILES string of the molecule is COc1ccc(OC)c(CC(=O)N(C)CC(=O)Nc2ccc(Br)cc2C)c1. The maximum Gasteiger partial charge on any atom is 0.243 e. The number of benzene rings is 2. The van der Waals surface area contributed by atoms with Crippen LogP contribution in [0, 0.1) is 6.92 Å². The number of nitrogens with zero attached hydrogens (tertiary/aromatic N) is 1. The van der Waals surface area contributed by atoms with Crippen LogP contribution in [0.2, 0.25) is 0 Å². The Hall–Kier alpha value is -2.54. The summed E-state index contributed by atoms with van der Waals surface area (Å²) in [6, 6.07) is 10.9. The summed E-state index contributed by atoms with van der Waals surface area (Å²) in [5.41, 5.74) is 2.36. The van der Waals surface area contributed by atoms with Crippen molar-refractivity contribution in [1.29, 1.82) is 0 Å². The third kappa shape index (κ3) is 5.72. The summed E-state index contributed by atoms with van der Waals surface area (Å²) in [7, 11) is 4.71. The Kier molecular flexibility index (Phi) is 7.24. The molecule has 0 spiro atoms. The first-order valence-electron chi connectivity index (χ1n) is 8.35. The predicted molar refractivity (Wildman–Crippen MR) is 108 cm³/mol. The number of rotatable bonds is 7. The van der Waals surface area contributed by atoms with E-state index >= 15 is 0 Å². The van der Waals surface area contributed by atoms with E-state index in [0.29, 0.717) is 17.1 Å². The third-order valence-electron chi connectivity index (χ3n) is 4.10. The van der Waals surface area contributed by atoms with E-state index in [1.807, 2.05) is 25.1 Å². The molecule has 0 saturated carbocycles. The molecule has 0 fully saturated rings. The second kappa shape index (κ2) is 9.41. The zero-order valence-electron chi connectivity index (χ0n) is 15.8. The fraction of sp³-hybridized carbons (Fsp3) is 0.300. The molecule has 0 unspecified atom stereocenters. The molecule has 2 aromatic rings. The first kappa shape index (κ1) is 20.8. The van der Waals surface area contributed by atoms with Gasteiger partial charge in [0.25, 0.3) is 0 Å². The largest absolute Gasteiger partial charge is 0.497 e. The molecule has 1 N–H and O–H groups in total. The summed E-state index contributed by atoms with van der Waals surface area (Å²) in [5, 5.41) is 2.83. The second-order valence-corrected chi connectivity index (χ2v) is 7.03. The highest BCUT2D eigenvalue weighted by Crippen LogP contribution is 2.25. The van der Waals surface area contributed by atoms with Crippen LogP contribution in [0.3, 0.4) is 0 Å². The number of hydrogen-bond acceptors (Lipinski definition) is 4. The van der Waals surface area contributed by atoms with Gasteiger partial charge < -0.3 is 19.7 Å². The van der Waals surface area contributed by atoms with Gasteiger partial charge in [0.1, 0.15) is 11.5 Å². The molecule has 7 heteroatoms. The second-order valence-electron chi connectivity index (χ2n) is 6.11. The van der Waals surface area contributed by atoms with Crippen molar-refractivity contribution in [1.82, 2.24) is 4.90 Å². The molecule has 0 aromatic heterocycles. The first-order chi connectivity index (χ1) is 12.8. The number of aryl methyl sites for hydroxylation is 1. The van der Waals surface area contributed by atoms with Crippen LogP contribution in [0.25, 0.3) is 0 Å². The van der Waals surface area contributed by atoms with Crippen LogP contribution in [-0.4, -0.2) is 44.5 Å². The minimum Gasteiger partial charge on any atom is -0.497 e. The lowest BCUT2D eigenvalue weighted by molar-refractivity contribution is -0.132. The van der Waals surface area contributed by atoms with Crippen molar-refractivity contribution in [2.45, 2.75) is 13.3 Å². The molecule has 27 heavy (non-hydrogen) atoms. The van der Waals surface area contributed by atoms with Crippen LogP contribution in [-0.2, 0) is 16.0 Å². The third-order valence-corrected chi connectivity index (χ3v) is 4.59.